The Labute approximate surface area is 159 Å². The molecule has 6 nitrogen and oxygen atoms in total. The van der Waals surface area contributed by atoms with Crippen molar-refractivity contribution in [2.75, 3.05) is 26.2 Å². The Morgan fingerprint density at radius 3 is 2.92 bits per heavy atom. The zero-order valence-electron chi connectivity index (χ0n) is 15.3. The molecule has 1 atom stereocenters. The Kier molecular flexibility index (Phi) is 6.27. The zero-order valence-corrected chi connectivity index (χ0v) is 16.1. The highest BCUT2D eigenvalue weighted by atomic mass is 35.5. The molecule has 1 amide bonds. The third-order valence-corrected chi connectivity index (χ3v) is 5.07. The predicted octanol–water partition coefficient (Wildman–Crippen LogP) is 3.47. The van der Waals surface area contributed by atoms with Gasteiger partial charge in [0.1, 0.15) is 0 Å². The molecule has 1 aromatic heterocycles. The van der Waals surface area contributed by atoms with Gasteiger partial charge in [0.25, 0.3) is 0 Å². The quantitative estimate of drug-likeness (QED) is 0.772. The van der Waals surface area contributed by atoms with Gasteiger partial charge in [-0.25, -0.2) is 0 Å². The van der Waals surface area contributed by atoms with E-state index in [9.17, 15) is 4.79 Å². The number of halogens is 1. The van der Waals surface area contributed by atoms with Crippen molar-refractivity contribution in [2.45, 2.75) is 33.2 Å². The van der Waals surface area contributed by atoms with E-state index in [1.165, 1.54) is 0 Å². The van der Waals surface area contributed by atoms with Crippen LogP contribution < -0.4 is 0 Å². The minimum absolute atomic E-state index is 0.0546. The van der Waals surface area contributed by atoms with E-state index in [1.54, 1.807) is 0 Å². The average molecular weight is 377 g/mol. The number of carbonyl (C=O) groups excluding carboxylic acids is 1. The van der Waals surface area contributed by atoms with Gasteiger partial charge in [0.2, 0.25) is 17.6 Å². The van der Waals surface area contributed by atoms with E-state index in [2.05, 4.69) is 15.0 Å². The Hall–Kier alpha value is -1.92. The second-order valence-electron chi connectivity index (χ2n) is 6.61. The fourth-order valence-corrected chi connectivity index (χ4v) is 3.64. The lowest BCUT2D eigenvalue weighted by molar-refractivity contribution is -0.137. The van der Waals surface area contributed by atoms with E-state index in [1.807, 2.05) is 43.0 Å². The Bertz CT molecular complexity index is 745. The maximum atomic E-state index is 12.6. The molecule has 2 heterocycles. The van der Waals surface area contributed by atoms with E-state index in [0.29, 0.717) is 23.3 Å². The van der Waals surface area contributed by atoms with Gasteiger partial charge in [-0.3, -0.25) is 9.69 Å². The number of nitrogens with zero attached hydrogens (tertiary/aromatic N) is 4. The lowest BCUT2D eigenvalue weighted by Crippen LogP contribution is -2.44. The van der Waals surface area contributed by atoms with Crippen LogP contribution in [0.3, 0.4) is 0 Å². The first-order chi connectivity index (χ1) is 12.6. The summed E-state index contributed by atoms with van der Waals surface area (Å²) < 4.78 is 5.41. The molecule has 0 N–H and O–H groups in total. The molecule has 1 aliphatic rings. The topological polar surface area (TPSA) is 62.5 Å². The number of benzene rings is 1. The van der Waals surface area contributed by atoms with Gasteiger partial charge in [-0.2, -0.15) is 4.98 Å². The highest BCUT2D eigenvalue weighted by Crippen LogP contribution is 2.23. The van der Waals surface area contributed by atoms with E-state index in [-0.39, 0.29) is 11.8 Å². The van der Waals surface area contributed by atoms with Gasteiger partial charge in [-0.05, 0) is 45.4 Å². The second kappa shape index (κ2) is 8.64. The van der Waals surface area contributed by atoms with Crippen LogP contribution in [0.1, 0.15) is 32.6 Å². The molecule has 0 unspecified atom stereocenters. The number of aromatic nitrogens is 2. The number of amides is 1. The molecule has 0 radical (unpaired) electrons. The molecular formula is C19H25ClN4O2. The Morgan fingerprint density at radius 2 is 2.19 bits per heavy atom. The SMILES string of the molecule is CCN(CC)C(=O)[C@@H]1CCCN(Cc2nc(-c3cccc(Cl)c3)no2)C1. The molecule has 0 saturated carbocycles. The molecule has 2 aromatic rings. The largest absolute Gasteiger partial charge is 0.343 e. The molecule has 1 saturated heterocycles. The molecular weight excluding hydrogens is 352 g/mol. The molecule has 0 spiro atoms. The van der Waals surface area contributed by atoms with Gasteiger partial charge in [-0.15, -0.1) is 0 Å². The summed E-state index contributed by atoms with van der Waals surface area (Å²) in [7, 11) is 0. The van der Waals surface area contributed by atoms with Crippen molar-refractivity contribution in [3.05, 3.63) is 35.2 Å². The highest BCUT2D eigenvalue weighted by molar-refractivity contribution is 6.30. The molecule has 1 aromatic carbocycles. The zero-order chi connectivity index (χ0) is 18.5. The third-order valence-electron chi connectivity index (χ3n) is 4.84. The van der Waals surface area contributed by atoms with Crippen molar-refractivity contribution in [1.29, 1.82) is 0 Å². The standard InChI is InChI=1S/C19H25ClN4O2/c1-3-24(4-2)19(25)15-8-6-10-23(12-15)13-17-21-18(22-26-17)14-7-5-9-16(20)11-14/h5,7,9,11,15H,3-4,6,8,10,12-13H2,1-2H3/t15-/m1/s1. The molecule has 26 heavy (non-hydrogen) atoms. The van der Waals surface area contributed by atoms with Crippen LogP contribution in [0.5, 0.6) is 0 Å². The van der Waals surface area contributed by atoms with Crippen LogP contribution in [0, 0.1) is 5.92 Å². The van der Waals surface area contributed by atoms with Gasteiger partial charge in [0.05, 0.1) is 12.5 Å². The summed E-state index contributed by atoms with van der Waals surface area (Å²) in [4.78, 5) is 21.2. The summed E-state index contributed by atoms with van der Waals surface area (Å²) in [6.45, 7) is 7.82. The van der Waals surface area contributed by atoms with E-state index in [4.69, 9.17) is 16.1 Å². The molecule has 140 valence electrons. The summed E-state index contributed by atoms with van der Waals surface area (Å²) in [6.07, 6.45) is 1.95. The first-order valence-electron chi connectivity index (χ1n) is 9.20. The Morgan fingerprint density at radius 1 is 1.38 bits per heavy atom. The fourth-order valence-electron chi connectivity index (χ4n) is 3.45. The summed E-state index contributed by atoms with van der Waals surface area (Å²) in [5.41, 5.74) is 0.834. The van der Waals surface area contributed by atoms with Crippen LogP contribution in [-0.2, 0) is 11.3 Å². The van der Waals surface area contributed by atoms with Crippen LogP contribution >= 0.6 is 11.6 Å². The third kappa shape index (κ3) is 4.43. The minimum Gasteiger partial charge on any atom is -0.343 e. The predicted molar refractivity (Wildman–Crippen MR) is 101 cm³/mol. The lowest BCUT2D eigenvalue weighted by atomic mass is 9.96. The lowest BCUT2D eigenvalue weighted by Gasteiger charge is -2.33. The first-order valence-corrected chi connectivity index (χ1v) is 9.58. The van der Waals surface area contributed by atoms with Crippen molar-refractivity contribution < 1.29 is 9.32 Å². The van der Waals surface area contributed by atoms with Crippen molar-refractivity contribution in [2.24, 2.45) is 5.92 Å². The van der Waals surface area contributed by atoms with Gasteiger partial charge in [0.15, 0.2) is 0 Å². The first kappa shape index (κ1) is 18.9. The van der Waals surface area contributed by atoms with Crippen LogP contribution in [0.2, 0.25) is 5.02 Å². The number of rotatable bonds is 6. The number of carbonyl (C=O) groups is 1. The number of piperidine rings is 1. The molecule has 1 fully saturated rings. The summed E-state index contributed by atoms with van der Waals surface area (Å²) in [5, 5.41) is 4.70. The van der Waals surface area contributed by atoms with Crippen molar-refractivity contribution >= 4 is 17.5 Å². The number of likely N-dealkylation sites (tertiary alicyclic amines) is 1. The summed E-state index contributed by atoms with van der Waals surface area (Å²) in [5.74, 6) is 1.41. The van der Waals surface area contributed by atoms with E-state index >= 15 is 0 Å². The molecule has 1 aliphatic heterocycles. The summed E-state index contributed by atoms with van der Waals surface area (Å²) in [6, 6.07) is 7.39. The fraction of sp³-hybridized carbons (Fsp3) is 0.526. The number of hydrogen-bond acceptors (Lipinski definition) is 5. The van der Waals surface area contributed by atoms with Crippen LogP contribution in [0.15, 0.2) is 28.8 Å². The number of hydrogen-bond donors (Lipinski definition) is 0. The van der Waals surface area contributed by atoms with Crippen LogP contribution in [0.4, 0.5) is 0 Å². The maximum Gasteiger partial charge on any atom is 0.241 e. The van der Waals surface area contributed by atoms with Crippen LogP contribution in [0.25, 0.3) is 11.4 Å². The molecule has 0 bridgehead atoms. The smallest absolute Gasteiger partial charge is 0.241 e. The molecule has 0 aliphatic carbocycles. The van der Waals surface area contributed by atoms with E-state index < -0.39 is 0 Å². The second-order valence-corrected chi connectivity index (χ2v) is 7.04. The highest BCUT2D eigenvalue weighted by Gasteiger charge is 2.29. The van der Waals surface area contributed by atoms with Gasteiger partial charge < -0.3 is 9.42 Å². The Balaban J connectivity index is 1.63. The van der Waals surface area contributed by atoms with Crippen LogP contribution in [-0.4, -0.2) is 52.0 Å². The minimum atomic E-state index is 0.0546. The van der Waals surface area contributed by atoms with Gasteiger partial charge >= 0.3 is 0 Å². The van der Waals surface area contributed by atoms with E-state index in [0.717, 1.165) is 44.6 Å². The van der Waals surface area contributed by atoms with Crippen molar-refractivity contribution in [3.8, 4) is 11.4 Å². The molecule has 7 heteroatoms. The van der Waals surface area contributed by atoms with Crippen molar-refractivity contribution in [1.82, 2.24) is 19.9 Å². The maximum absolute atomic E-state index is 12.6. The van der Waals surface area contributed by atoms with Gasteiger partial charge in [0, 0.05) is 30.2 Å². The normalized spacial score (nSPS) is 18.0. The van der Waals surface area contributed by atoms with Gasteiger partial charge in [-0.1, -0.05) is 28.9 Å². The monoisotopic (exact) mass is 376 g/mol. The summed E-state index contributed by atoms with van der Waals surface area (Å²) >= 11 is 6.02. The average Bonchev–Trinajstić information content (AvgIpc) is 3.11. The molecule has 3 rings (SSSR count). The van der Waals surface area contributed by atoms with Crippen molar-refractivity contribution in [3.63, 3.8) is 0 Å².